The highest BCUT2D eigenvalue weighted by Crippen LogP contribution is 2.41. The number of aromatic nitrogens is 1. The molecule has 0 aliphatic carbocycles. The van der Waals surface area contributed by atoms with E-state index in [-0.39, 0.29) is 68.5 Å². The number of hydrogen-bond acceptors (Lipinski definition) is 15. The van der Waals surface area contributed by atoms with Crippen molar-refractivity contribution in [2.75, 3.05) is 91.0 Å². The first-order chi connectivity index (χ1) is 39.1. The van der Waals surface area contributed by atoms with Crippen molar-refractivity contribution in [3.63, 3.8) is 0 Å². The van der Waals surface area contributed by atoms with Crippen LogP contribution in [0.3, 0.4) is 0 Å². The number of carbonyl (C=O) groups excluding carboxylic acids is 7. The van der Waals surface area contributed by atoms with Crippen LogP contribution in [0, 0.1) is 17.0 Å². The van der Waals surface area contributed by atoms with Crippen molar-refractivity contribution >= 4 is 65.1 Å². The summed E-state index contributed by atoms with van der Waals surface area (Å²) < 4.78 is 63.9. The molecule has 1 aliphatic heterocycles. The second-order valence-corrected chi connectivity index (χ2v) is 21.1. The Morgan fingerprint density at radius 1 is 0.819 bits per heavy atom. The van der Waals surface area contributed by atoms with Crippen molar-refractivity contribution < 1.29 is 85.5 Å². The zero-order valence-corrected chi connectivity index (χ0v) is 48.7. The van der Waals surface area contributed by atoms with Gasteiger partial charge in [0.2, 0.25) is 35.2 Å². The van der Waals surface area contributed by atoms with E-state index in [1.807, 2.05) is 62.6 Å². The number of benzene rings is 2. The number of primary amides is 1. The van der Waals surface area contributed by atoms with Gasteiger partial charge in [-0.25, -0.2) is 22.8 Å². The molecule has 3 aromatic rings. The predicted octanol–water partition coefficient (Wildman–Crippen LogP) is 3.36. The predicted molar refractivity (Wildman–Crippen MR) is 302 cm³/mol. The van der Waals surface area contributed by atoms with Gasteiger partial charge in [0.25, 0.3) is 11.8 Å². The van der Waals surface area contributed by atoms with Gasteiger partial charge in [0, 0.05) is 87.2 Å². The number of carboxylic acid groups (broad SMARTS) is 2. The molecule has 0 fully saturated rings. The van der Waals surface area contributed by atoms with Crippen LogP contribution in [-0.4, -0.2) is 187 Å². The number of nitrogens with zero attached hydrogens (tertiary/aromatic N) is 3. The molecule has 3 atom stereocenters. The minimum Gasteiger partial charge on any atom is -0.480 e. The SMILES string of the molecule is CC(C)(F)C(=O)O.CCOCCOCCC(=O)NC(CSCC(=O)N(CCCNC(=O)C(N)CC(N)=O)C(c1cc(-c2cc(F)ccc2F)cn1Cc1ccccc1)C(C)(C)C)C(=O)O.COCCOCCNC(=O)CN1C(=O)C=CC1=O. The van der Waals surface area contributed by atoms with Crippen LogP contribution in [-0.2, 0) is 68.6 Å². The lowest BCUT2D eigenvalue weighted by molar-refractivity contribution is -0.148. The Kier molecular flexibility index (Phi) is 32.2. The Bertz CT molecular complexity index is 2610. The van der Waals surface area contributed by atoms with Crippen LogP contribution in [0.5, 0.6) is 0 Å². The minimum atomic E-state index is -2.08. The number of imide groups is 1. The summed E-state index contributed by atoms with van der Waals surface area (Å²) in [6.07, 6.45) is 3.86. The summed E-state index contributed by atoms with van der Waals surface area (Å²) in [4.78, 5) is 109. The molecule has 0 radical (unpaired) electrons. The molecule has 0 bridgehead atoms. The Labute approximate surface area is 485 Å². The maximum absolute atomic E-state index is 15.2. The highest BCUT2D eigenvalue weighted by Gasteiger charge is 2.37. The van der Waals surface area contributed by atoms with Gasteiger partial charge in [0.15, 0.2) is 0 Å². The van der Waals surface area contributed by atoms with Crippen molar-refractivity contribution in [1.29, 1.82) is 0 Å². The maximum Gasteiger partial charge on any atom is 0.340 e. The van der Waals surface area contributed by atoms with E-state index < -0.39 is 88.2 Å². The van der Waals surface area contributed by atoms with Crippen LogP contribution in [0.2, 0.25) is 0 Å². The summed E-state index contributed by atoms with van der Waals surface area (Å²) in [5, 5.41) is 25.5. The number of halogens is 3. The van der Waals surface area contributed by atoms with Gasteiger partial charge >= 0.3 is 11.9 Å². The van der Waals surface area contributed by atoms with Gasteiger partial charge in [-0.1, -0.05) is 51.1 Å². The number of amides is 7. The molecular weight excluding hydrogens is 1110 g/mol. The lowest BCUT2D eigenvalue weighted by Gasteiger charge is -2.41. The number of thioether (sulfide) groups is 1. The zero-order valence-electron chi connectivity index (χ0n) is 47.9. The maximum atomic E-state index is 15.2. The largest absolute Gasteiger partial charge is 0.480 e. The van der Waals surface area contributed by atoms with Crippen molar-refractivity contribution in [1.82, 2.24) is 30.3 Å². The number of nitrogens with one attached hydrogen (secondary N) is 3. The Balaban J connectivity index is 0.000000772. The quantitative estimate of drug-likeness (QED) is 0.0333. The van der Waals surface area contributed by atoms with Crippen LogP contribution in [0.15, 0.2) is 72.9 Å². The third-order valence-electron chi connectivity index (χ3n) is 11.6. The van der Waals surface area contributed by atoms with Crippen molar-refractivity contribution in [3.8, 4) is 11.1 Å². The van der Waals surface area contributed by atoms with E-state index in [0.717, 1.165) is 66.4 Å². The van der Waals surface area contributed by atoms with Crippen LogP contribution in [0.1, 0.15) is 78.1 Å². The summed E-state index contributed by atoms with van der Waals surface area (Å²) >= 11 is 1.03. The molecule has 4 rings (SSSR count). The Morgan fingerprint density at radius 3 is 2.04 bits per heavy atom. The average molecular weight is 1190 g/mol. The third-order valence-corrected chi connectivity index (χ3v) is 12.7. The zero-order chi connectivity index (χ0) is 62.3. The fourth-order valence-corrected chi connectivity index (χ4v) is 8.44. The second-order valence-electron chi connectivity index (χ2n) is 20.0. The van der Waals surface area contributed by atoms with Crippen LogP contribution in [0.25, 0.3) is 11.1 Å². The molecule has 83 heavy (non-hydrogen) atoms. The number of carboxylic acids is 2. The number of methoxy groups -OCH3 is 1. The first-order valence-electron chi connectivity index (χ1n) is 26.5. The van der Waals surface area contributed by atoms with Crippen LogP contribution in [0.4, 0.5) is 13.2 Å². The van der Waals surface area contributed by atoms with E-state index in [1.54, 1.807) is 24.3 Å². The molecule has 7 amide bonds. The molecule has 0 saturated carbocycles. The van der Waals surface area contributed by atoms with E-state index in [0.29, 0.717) is 64.0 Å². The van der Waals surface area contributed by atoms with Crippen molar-refractivity contribution in [2.24, 2.45) is 16.9 Å². The topological polar surface area (TPSA) is 331 Å². The molecule has 27 heteroatoms. The van der Waals surface area contributed by atoms with Crippen molar-refractivity contribution in [3.05, 3.63) is 95.8 Å². The Morgan fingerprint density at radius 2 is 1.45 bits per heavy atom. The molecule has 23 nitrogen and oxygen atoms in total. The molecule has 2 aromatic carbocycles. The lowest BCUT2D eigenvalue weighted by Crippen LogP contribution is -2.46. The lowest BCUT2D eigenvalue weighted by atomic mass is 9.83. The number of carbonyl (C=O) groups is 9. The minimum absolute atomic E-state index is 0.0444. The summed E-state index contributed by atoms with van der Waals surface area (Å²) in [7, 11) is 1.57. The summed E-state index contributed by atoms with van der Waals surface area (Å²) in [5.74, 6) is -7.75. The average Bonchev–Trinajstić information content (AvgIpc) is 3.98. The normalized spacial score (nSPS) is 13.2. The second kappa shape index (κ2) is 37.1. The molecule has 1 aromatic heterocycles. The van der Waals surface area contributed by atoms with Gasteiger partial charge in [-0.15, -0.1) is 11.8 Å². The van der Waals surface area contributed by atoms with Gasteiger partial charge in [-0.2, -0.15) is 0 Å². The van der Waals surface area contributed by atoms with E-state index in [2.05, 4.69) is 16.0 Å². The highest BCUT2D eigenvalue weighted by molar-refractivity contribution is 8.00. The standard InChI is InChI=1S/C41H56F2N6O8S.C11H16N2O5.C4H7FO2/c1-5-56-18-19-57-17-14-36(51)47-33(40(54)55)25-58-26-37(52)49(16-9-15-46-39(53)32(44)22-35(45)50)38(41(2,3)4)34-20-28(30-21-29(42)12-13-31(30)43)24-48(34)23-27-10-7-6-8-11-27;1-17-6-7-18-5-4-12-9(14)8-13-10(15)2-3-11(13)16;1-4(2,5)3(6)7/h6-8,10-13,20-21,24,32-33,38H,5,9,14-19,22-23,25-26,44H2,1-4H3,(H2,45,50)(H,46,53)(H,47,51)(H,54,55);2-3H,4-8H2,1H3,(H,12,14);1-2H3,(H,6,7). The summed E-state index contributed by atoms with van der Waals surface area (Å²) in [6.45, 7) is 12.8. The van der Waals surface area contributed by atoms with Gasteiger partial charge < -0.3 is 66.0 Å². The fraction of sp³-hybridized carbons (Fsp3) is 0.518. The number of rotatable bonds is 34. The molecule has 1 aliphatic rings. The van der Waals surface area contributed by atoms with E-state index in [4.69, 9.17) is 35.5 Å². The molecule has 9 N–H and O–H groups in total. The van der Waals surface area contributed by atoms with Gasteiger partial charge in [-0.05, 0) is 62.4 Å². The number of hydrogen-bond donors (Lipinski definition) is 7. The van der Waals surface area contributed by atoms with Gasteiger partial charge in [0.1, 0.15) is 24.2 Å². The van der Waals surface area contributed by atoms with Crippen LogP contribution >= 0.6 is 11.8 Å². The van der Waals surface area contributed by atoms with E-state index in [1.165, 1.54) is 0 Å². The first-order valence-corrected chi connectivity index (χ1v) is 27.6. The number of nitrogens with two attached hydrogens (primary N) is 2. The fourth-order valence-electron chi connectivity index (χ4n) is 7.52. The van der Waals surface area contributed by atoms with Gasteiger partial charge in [0.05, 0.1) is 63.9 Å². The number of alkyl halides is 1. The molecule has 460 valence electrons. The number of ether oxygens (including phenoxy) is 4. The summed E-state index contributed by atoms with van der Waals surface area (Å²) in [6, 6.07) is 11.3. The molecule has 0 spiro atoms. The van der Waals surface area contributed by atoms with E-state index >= 15 is 4.39 Å². The first kappa shape index (κ1) is 71.9. The molecule has 3 unspecified atom stereocenters. The molecular formula is C56H79F3N8O15S. The Hall–Kier alpha value is -7.17. The molecule has 0 saturated heterocycles. The highest BCUT2D eigenvalue weighted by atomic mass is 32.2. The number of aliphatic carboxylic acids is 2. The van der Waals surface area contributed by atoms with Crippen LogP contribution < -0.4 is 27.4 Å². The smallest absolute Gasteiger partial charge is 0.340 e. The van der Waals surface area contributed by atoms with Crippen molar-refractivity contribution in [2.45, 2.75) is 91.1 Å². The van der Waals surface area contributed by atoms with Gasteiger partial charge in [-0.3, -0.25) is 38.5 Å². The monoisotopic (exact) mass is 1190 g/mol. The third kappa shape index (κ3) is 27.6. The van der Waals surface area contributed by atoms with E-state index in [9.17, 15) is 57.0 Å². The molecule has 2 heterocycles. The summed E-state index contributed by atoms with van der Waals surface area (Å²) in [5.41, 5.74) is 10.2.